The monoisotopic (exact) mass is 359 g/mol. The first-order chi connectivity index (χ1) is 9.80. The Morgan fingerprint density at radius 2 is 2.19 bits per heavy atom. The summed E-state index contributed by atoms with van der Waals surface area (Å²) in [6.07, 6.45) is -0.413. The van der Waals surface area contributed by atoms with Crippen molar-refractivity contribution in [1.82, 2.24) is 4.90 Å². The summed E-state index contributed by atoms with van der Waals surface area (Å²) in [6.45, 7) is 6.34. The van der Waals surface area contributed by atoms with Crippen LogP contribution in [0, 0.1) is 5.82 Å². The SMILES string of the molecule is CC(C)(C)OC(=O)N1CCOc2c(F)cc(CBr)cc2C1. The Bertz CT molecular complexity index is 542. The van der Waals surface area contributed by atoms with Gasteiger partial charge in [0.05, 0.1) is 13.1 Å². The van der Waals surface area contributed by atoms with Crippen molar-refractivity contribution in [3.05, 3.63) is 29.1 Å². The third-order valence-corrected chi connectivity index (χ3v) is 3.60. The van der Waals surface area contributed by atoms with E-state index in [0.717, 1.165) is 5.56 Å². The molecule has 0 saturated heterocycles. The first-order valence-corrected chi connectivity index (χ1v) is 7.90. The van der Waals surface area contributed by atoms with E-state index in [1.54, 1.807) is 0 Å². The number of carbonyl (C=O) groups excluding carboxylic acids is 1. The van der Waals surface area contributed by atoms with Gasteiger partial charge >= 0.3 is 6.09 Å². The fourth-order valence-electron chi connectivity index (χ4n) is 2.09. The number of alkyl halides is 1. The number of carbonyl (C=O) groups is 1. The molecule has 0 unspecified atom stereocenters. The topological polar surface area (TPSA) is 38.8 Å². The first-order valence-electron chi connectivity index (χ1n) is 6.78. The molecule has 1 aromatic rings. The Labute approximate surface area is 132 Å². The third kappa shape index (κ3) is 4.09. The average molecular weight is 360 g/mol. The molecular weight excluding hydrogens is 341 g/mol. The van der Waals surface area contributed by atoms with E-state index in [2.05, 4.69) is 15.9 Å². The highest BCUT2D eigenvalue weighted by molar-refractivity contribution is 9.08. The number of hydrogen-bond donors (Lipinski definition) is 0. The molecule has 0 spiro atoms. The number of amides is 1. The first kappa shape index (κ1) is 16.1. The molecule has 2 rings (SSSR count). The van der Waals surface area contributed by atoms with Crippen LogP contribution in [-0.4, -0.2) is 29.7 Å². The average Bonchev–Trinajstić information content (AvgIpc) is 2.59. The normalized spacial score (nSPS) is 15.0. The molecule has 21 heavy (non-hydrogen) atoms. The van der Waals surface area contributed by atoms with Crippen molar-refractivity contribution in [3.8, 4) is 5.75 Å². The van der Waals surface area contributed by atoms with Crippen molar-refractivity contribution < 1.29 is 18.7 Å². The summed E-state index contributed by atoms with van der Waals surface area (Å²) >= 11 is 3.31. The van der Waals surface area contributed by atoms with Gasteiger partial charge in [-0.3, -0.25) is 0 Å². The number of hydrogen-bond acceptors (Lipinski definition) is 3. The minimum atomic E-state index is -0.559. The molecule has 0 bridgehead atoms. The van der Waals surface area contributed by atoms with Gasteiger partial charge in [0.2, 0.25) is 0 Å². The second kappa shape index (κ2) is 6.22. The Balaban J connectivity index is 2.24. The van der Waals surface area contributed by atoms with Crippen LogP contribution in [0.5, 0.6) is 5.75 Å². The van der Waals surface area contributed by atoms with Crippen molar-refractivity contribution in [1.29, 1.82) is 0 Å². The van der Waals surface area contributed by atoms with E-state index in [1.165, 1.54) is 11.0 Å². The molecule has 4 nitrogen and oxygen atoms in total. The number of benzene rings is 1. The van der Waals surface area contributed by atoms with E-state index >= 15 is 0 Å². The standard InChI is InChI=1S/C15H19BrFNO3/c1-15(2,3)21-14(19)18-4-5-20-13-11(9-18)6-10(8-16)7-12(13)17/h6-7H,4-5,8-9H2,1-3H3. The zero-order chi connectivity index (χ0) is 15.6. The van der Waals surface area contributed by atoms with Gasteiger partial charge in [-0.25, -0.2) is 9.18 Å². The summed E-state index contributed by atoms with van der Waals surface area (Å²) < 4.78 is 24.8. The fraction of sp³-hybridized carbons (Fsp3) is 0.533. The highest BCUT2D eigenvalue weighted by Crippen LogP contribution is 2.29. The van der Waals surface area contributed by atoms with Crippen LogP contribution in [0.3, 0.4) is 0 Å². The molecule has 0 radical (unpaired) electrons. The molecule has 0 N–H and O–H groups in total. The van der Waals surface area contributed by atoms with Crippen molar-refractivity contribution >= 4 is 22.0 Å². The molecule has 1 aliphatic heterocycles. The highest BCUT2D eigenvalue weighted by Gasteiger charge is 2.26. The van der Waals surface area contributed by atoms with Crippen molar-refractivity contribution in [2.24, 2.45) is 0 Å². The zero-order valence-corrected chi connectivity index (χ0v) is 14.0. The van der Waals surface area contributed by atoms with Crippen molar-refractivity contribution in [3.63, 3.8) is 0 Å². The molecule has 1 aliphatic rings. The Kier molecular flexibility index (Phi) is 4.76. The molecule has 0 fully saturated rings. The van der Waals surface area contributed by atoms with Crippen LogP contribution < -0.4 is 4.74 Å². The summed E-state index contributed by atoms with van der Waals surface area (Å²) in [7, 11) is 0. The maximum absolute atomic E-state index is 14.0. The van der Waals surface area contributed by atoms with Crippen LogP contribution in [0.25, 0.3) is 0 Å². The van der Waals surface area contributed by atoms with Gasteiger partial charge < -0.3 is 14.4 Å². The minimum absolute atomic E-state index is 0.228. The zero-order valence-electron chi connectivity index (χ0n) is 12.4. The summed E-state index contributed by atoms with van der Waals surface area (Å²) in [5.41, 5.74) is 0.907. The molecule has 1 aromatic carbocycles. The van der Waals surface area contributed by atoms with Crippen molar-refractivity contribution in [2.45, 2.75) is 38.2 Å². The Hall–Kier alpha value is -1.30. The lowest BCUT2D eigenvalue weighted by Gasteiger charge is -2.26. The molecular formula is C15H19BrFNO3. The van der Waals surface area contributed by atoms with Gasteiger partial charge in [0.15, 0.2) is 11.6 Å². The number of halogens is 2. The van der Waals surface area contributed by atoms with Gasteiger partial charge in [-0.05, 0) is 38.5 Å². The second-order valence-electron chi connectivity index (χ2n) is 5.95. The van der Waals surface area contributed by atoms with E-state index in [-0.39, 0.29) is 18.9 Å². The summed E-state index contributed by atoms with van der Waals surface area (Å²) in [5, 5.41) is 0.545. The van der Waals surface area contributed by atoms with Gasteiger partial charge in [0.1, 0.15) is 12.2 Å². The molecule has 1 amide bonds. The number of rotatable bonds is 1. The van der Waals surface area contributed by atoms with Gasteiger partial charge in [0, 0.05) is 10.9 Å². The smallest absolute Gasteiger partial charge is 0.410 e. The van der Waals surface area contributed by atoms with E-state index in [9.17, 15) is 9.18 Å². The predicted octanol–water partition coefficient (Wildman–Crippen LogP) is 3.85. The van der Waals surface area contributed by atoms with Crippen molar-refractivity contribution in [2.75, 3.05) is 13.2 Å². The number of ether oxygens (including phenoxy) is 2. The molecule has 0 atom stereocenters. The highest BCUT2D eigenvalue weighted by atomic mass is 79.9. The molecule has 1 heterocycles. The molecule has 0 aromatic heterocycles. The third-order valence-electron chi connectivity index (χ3n) is 2.96. The Morgan fingerprint density at radius 1 is 1.48 bits per heavy atom. The summed E-state index contributed by atoms with van der Waals surface area (Å²) in [4.78, 5) is 13.7. The van der Waals surface area contributed by atoms with Crippen LogP contribution in [0.1, 0.15) is 31.9 Å². The number of nitrogens with zero attached hydrogens (tertiary/aromatic N) is 1. The van der Waals surface area contributed by atoms with E-state index in [1.807, 2.05) is 26.8 Å². The second-order valence-corrected chi connectivity index (χ2v) is 6.51. The van der Waals surface area contributed by atoms with Crippen LogP contribution in [0.4, 0.5) is 9.18 Å². The molecule has 6 heteroatoms. The molecule has 0 saturated carbocycles. The molecule has 116 valence electrons. The lowest BCUT2D eigenvalue weighted by Crippen LogP contribution is -2.37. The summed E-state index contributed by atoms with van der Waals surface area (Å²) in [6, 6.07) is 3.28. The maximum Gasteiger partial charge on any atom is 0.410 e. The Morgan fingerprint density at radius 3 is 2.81 bits per heavy atom. The van der Waals surface area contributed by atoms with Crippen LogP contribution in [0.15, 0.2) is 12.1 Å². The van der Waals surface area contributed by atoms with Crippen LogP contribution >= 0.6 is 15.9 Å². The van der Waals surface area contributed by atoms with Crippen LogP contribution in [0.2, 0.25) is 0 Å². The quantitative estimate of drug-likeness (QED) is 0.714. The van der Waals surface area contributed by atoms with E-state index < -0.39 is 17.5 Å². The van der Waals surface area contributed by atoms with Gasteiger partial charge in [-0.15, -0.1) is 0 Å². The van der Waals surface area contributed by atoms with Gasteiger partial charge in [-0.1, -0.05) is 15.9 Å². The molecule has 0 aliphatic carbocycles. The fourth-order valence-corrected chi connectivity index (χ4v) is 2.42. The van der Waals surface area contributed by atoms with Gasteiger partial charge in [0.25, 0.3) is 0 Å². The summed E-state index contributed by atoms with van der Waals surface area (Å²) in [5.74, 6) is -0.168. The maximum atomic E-state index is 14.0. The van der Waals surface area contributed by atoms with E-state index in [0.29, 0.717) is 17.4 Å². The lowest BCUT2D eigenvalue weighted by molar-refractivity contribution is 0.0225. The number of fused-ring (bicyclic) bond motifs is 1. The largest absolute Gasteiger partial charge is 0.488 e. The predicted molar refractivity (Wildman–Crippen MR) is 81.2 cm³/mol. The minimum Gasteiger partial charge on any atom is -0.488 e. The lowest BCUT2D eigenvalue weighted by atomic mass is 10.1. The van der Waals surface area contributed by atoms with Gasteiger partial charge in [-0.2, -0.15) is 0 Å². The van der Waals surface area contributed by atoms with Crippen LogP contribution in [-0.2, 0) is 16.6 Å². The van der Waals surface area contributed by atoms with E-state index in [4.69, 9.17) is 9.47 Å².